The number of hydrogen-bond acceptors (Lipinski definition) is 3. The van der Waals surface area contributed by atoms with Crippen molar-refractivity contribution in [3.63, 3.8) is 0 Å². The van der Waals surface area contributed by atoms with E-state index in [1.807, 2.05) is 38.1 Å². The summed E-state index contributed by atoms with van der Waals surface area (Å²) in [7, 11) is 1.67. The summed E-state index contributed by atoms with van der Waals surface area (Å²) in [5, 5.41) is 6.67. The molecule has 0 aliphatic heterocycles. The van der Waals surface area contributed by atoms with Crippen molar-refractivity contribution >= 4 is 5.96 Å². The summed E-state index contributed by atoms with van der Waals surface area (Å²) >= 11 is 0. The Bertz CT molecular complexity index is 712. The number of ether oxygens (including phenoxy) is 2. The molecular weight excluding hydrogens is 338 g/mol. The highest BCUT2D eigenvalue weighted by molar-refractivity contribution is 5.79. The van der Waals surface area contributed by atoms with Crippen LogP contribution >= 0.6 is 0 Å². The normalized spacial score (nSPS) is 11.5. The van der Waals surface area contributed by atoms with Crippen LogP contribution in [0.25, 0.3) is 0 Å². The number of hydrogen-bond donors (Lipinski definition) is 2. The van der Waals surface area contributed by atoms with E-state index in [-0.39, 0.29) is 6.10 Å². The highest BCUT2D eigenvalue weighted by Gasteiger charge is 2.01. The van der Waals surface area contributed by atoms with Crippen LogP contribution in [0.15, 0.2) is 53.5 Å². The van der Waals surface area contributed by atoms with Crippen LogP contribution < -0.4 is 15.4 Å². The van der Waals surface area contributed by atoms with Gasteiger partial charge in [-0.2, -0.15) is 0 Å². The standard InChI is InChI=1S/C22H31N3O2/c1-5-23-22(25-15-20-7-6-8-21(13-20)26-4)24-14-18-9-11-19(12-10-18)16-27-17(2)3/h6-13,17H,5,14-16H2,1-4H3,(H2,23,24,25). The molecule has 0 bridgehead atoms. The van der Waals surface area contributed by atoms with Gasteiger partial charge in [-0.15, -0.1) is 0 Å². The Balaban J connectivity index is 1.91. The Kier molecular flexibility index (Phi) is 8.65. The average molecular weight is 370 g/mol. The molecule has 2 aromatic rings. The Morgan fingerprint density at radius 3 is 2.41 bits per heavy atom. The van der Waals surface area contributed by atoms with Gasteiger partial charge in [0.2, 0.25) is 0 Å². The van der Waals surface area contributed by atoms with E-state index in [1.165, 1.54) is 11.1 Å². The molecule has 0 amide bonds. The monoisotopic (exact) mass is 369 g/mol. The molecule has 0 fully saturated rings. The molecular formula is C22H31N3O2. The van der Waals surface area contributed by atoms with E-state index in [4.69, 9.17) is 9.47 Å². The fourth-order valence-corrected chi connectivity index (χ4v) is 2.48. The third kappa shape index (κ3) is 7.71. The number of guanidine groups is 1. The summed E-state index contributed by atoms with van der Waals surface area (Å²) in [5.41, 5.74) is 3.50. The molecule has 5 heteroatoms. The van der Waals surface area contributed by atoms with E-state index in [9.17, 15) is 0 Å². The summed E-state index contributed by atoms with van der Waals surface area (Å²) in [6.45, 7) is 8.93. The minimum atomic E-state index is 0.245. The SMILES string of the molecule is CCNC(=NCc1cccc(OC)c1)NCc1ccc(COC(C)C)cc1. The van der Waals surface area contributed by atoms with Crippen LogP contribution in [-0.2, 0) is 24.4 Å². The first-order valence-electron chi connectivity index (χ1n) is 9.45. The zero-order valence-electron chi connectivity index (χ0n) is 16.8. The highest BCUT2D eigenvalue weighted by atomic mass is 16.5. The van der Waals surface area contributed by atoms with Crippen molar-refractivity contribution in [1.29, 1.82) is 0 Å². The second kappa shape index (κ2) is 11.2. The summed E-state index contributed by atoms with van der Waals surface area (Å²) in [6.07, 6.45) is 0.245. The van der Waals surface area contributed by atoms with Gasteiger partial charge in [-0.3, -0.25) is 0 Å². The largest absolute Gasteiger partial charge is 0.497 e. The number of nitrogens with zero attached hydrogens (tertiary/aromatic N) is 1. The van der Waals surface area contributed by atoms with Crippen molar-refractivity contribution in [1.82, 2.24) is 10.6 Å². The van der Waals surface area contributed by atoms with Gasteiger partial charge in [0.1, 0.15) is 5.75 Å². The van der Waals surface area contributed by atoms with Crippen molar-refractivity contribution in [2.75, 3.05) is 13.7 Å². The molecule has 0 aliphatic carbocycles. The molecule has 2 N–H and O–H groups in total. The molecule has 0 aromatic heterocycles. The first-order chi connectivity index (χ1) is 13.1. The molecule has 0 unspecified atom stereocenters. The number of nitrogens with one attached hydrogen (secondary N) is 2. The Hall–Kier alpha value is -2.53. The third-order valence-electron chi connectivity index (χ3n) is 3.96. The van der Waals surface area contributed by atoms with Crippen molar-refractivity contribution in [2.24, 2.45) is 4.99 Å². The van der Waals surface area contributed by atoms with Gasteiger partial charge in [-0.05, 0) is 49.6 Å². The fourth-order valence-electron chi connectivity index (χ4n) is 2.48. The van der Waals surface area contributed by atoms with Crippen molar-refractivity contribution < 1.29 is 9.47 Å². The van der Waals surface area contributed by atoms with E-state index in [0.717, 1.165) is 30.4 Å². The van der Waals surface area contributed by atoms with Gasteiger partial charge >= 0.3 is 0 Å². The van der Waals surface area contributed by atoms with E-state index in [1.54, 1.807) is 7.11 Å². The van der Waals surface area contributed by atoms with E-state index < -0.39 is 0 Å². The molecule has 0 heterocycles. The first-order valence-corrected chi connectivity index (χ1v) is 9.45. The van der Waals surface area contributed by atoms with Crippen molar-refractivity contribution in [3.05, 3.63) is 65.2 Å². The minimum Gasteiger partial charge on any atom is -0.497 e. The summed E-state index contributed by atoms with van der Waals surface area (Å²) in [6, 6.07) is 16.4. The quantitative estimate of drug-likeness (QED) is 0.520. The zero-order valence-corrected chi connectivity index (χ0v) is 16.8. The van der Waals surface area contributed by atoms with Crippen molar-refractivity contribution in [3.8, 4) is 5.75 Å². The molecule has 0 saturated heterocycles. The van der Waals surface area contributed by atoms with Crippen LogP contribution in [0.2, 0.25) is 0 Å². The van der Waals surface area contributed by atoms with Crippen LogP contribution in [-0.4, -0.2) is 25.7 Å². The van der Waals surface area contributed by atoms with Gasteiger partial charge < -0.3 is 20.1 Å². The molecule has 0 aliphatic rings. The van der Waals surface area contributed by atoms with Gasteiger partial charge in [-0.1, -0.05) is 36.4 Å². The maximum absolute atomic E-state index is 5.63. The van der Waals surface area contributed by atoms with Crippen molar-refractivity contribution in [2.45, 2.75) is 46.6 Å². The lowest BCUT2D eigenvalue weighted by Crippen LogP contribution is -2.36. The number of benzene rings is 2. The summed E-state index contributed by atoms with van der Waals surface area (Å²) in [5.74, 6) is 1.65. The minimum absolute atomic E-state index is 0.245. The van der Waals surface area contributed by atoms with Gasteiger partial charge in [0.05, 0.1) is 26.4 Å². The van der Waals surface area contributed by atoms with Crippen LogP contribution in [0.5, 0.6) is 5.75 Å². The second-order valence-electron chi connectivity index (χ2n) is 6.58. The molecule has 0 atom stereocenters. The fraction of sp³-hybridized carbons (Fsp3) is 0.409. The second-order valence-corrected chi connectivity index (χ2v) is 6.58. The maximum atomic E-state index is 5.63. The first kappa shape index (κ1) is 20.8. The predicted molar refractivity (Wildman–Crippen MR) is 111 cm³/mol. The number of methoxy groups -OCH3 is 1. The molecule has 0 saturated carbocycles. The summed E-state index contributed by atoms with van der Waals surface area (Å²) in [4.78, 5) is 4.66. The highest BCUT2D eigenvalue weighted by Crippen LogP contribution is 2.13. The van der Waals surface area contributed by atoms with E-state index in [0.29, 0.717) is 13.2 Å². The molecule has 0 radical (unpaired) electrons. The van der Waals surface area contributed by atoms with Gasteiger partial charge in [0.25, 0.3) is 0 Å². The Morgan fingerprint density at radius 2 is 1.74 bits per heavy atom. The number of rotatable bonds is 9. The molecule has 2 aromatic carbocycles. The number of aliphatic imine (C=N–C) groups is 1. The van der Waals surface area contributed by atoms with E-state index >= 15 is 0 Å². The lowest BCUT2D eigenvalue weighted by molar-refractivity contribution is 0.0657. The predicted octanol–water partition coefficient (Wildman–Crippen LogP) is 3.88. The molecule has 2 rings (SSSR count). The topological polar surface area (TPSA) is 54.9 Å². The molecule has 146 valence electrons. The smallest absolute Gasteiger partial charge is 0.191 e. The molecule has 5 nitrogen and oxygen atoms in total. The van der Waals surface area contributed by atoms with Crippen LogP contribution in [0, 0.1) is 0 Å². The van der Waals surface area contributed by atoms with Gasteiger partial charge in [-0.25, -0.2) is 4.99 Å². The van der Waals surface area contributed by atoms with Crippen LogP contribution in [0.4, 0.5) is 0 Å². The van der Waals surface area contributed by atoms with E-state index in [2.05, 4.69) is 46.8 Å². The molecule has 0 spiro atoms. The maximum Gasteiger partial charge on any atom is 0.191 e. The van der Waals surface area contributed by atoms with Crippen LogP contribution in [0.3, 0.4) is 0 Å². The molecule has 27 heavy (non-hydrogen) atoms. The average Bonchev–Trinajstić information content (AvgIpc) is 2.69. The lowest BCUT2D eigenvalue weighted by Gasteiger charge is -2.12. The lowest BCUT2D eigenvalue weighted by atomic mass is 10.1. The van der Waals surface area contributed by atoms with Crippen LogP contribution in [0.1, 0.15) is 37.5 Å². The Morgan fingerprint density at radius 1 is 1.00 bits per heavy atom. The Labute approximate surface area is 162 Å². The van der Waals surface area contributed by atoms with Gasteiger partial charge in [0, 0.05) is 13.1 Å². The zero-order chi connectivity index (χ0) is 19.5. The third-order valence-corrected chi connectivity index (χ3v) is 3.96. The van der Waals surface area contributed by atoms with Gasteiger partial charge in [0.15, 0.2) is 5.96 Å². The summed E-state index contributed by atoms with van der Waals surface area (Å²) < 4.78 is 10.9.